The molecule has 20 heavy (non-hydrogen) atoms. The first-order valence-corrected chi connectivity index (χ1v) is 6.06. The Labute approximate surface area is 113 Å². The van der Waals surface area contributed by atoms with Gasteiger partial charge < -0.3 is 5.32 Å². The number of hydrogen-bond acceptors (Lipinski definition) is 3. The maximum absolute atomic E-state index is 12.0. The van der Waals surface area contributed by atoms with Crippen LogP contribution in [0.2, 0.25) is 0 Å². The number of para-hydroxylation sites is 1. The van der Waals surface area contributed by atoms with E-state index >= 15 is 0 Å². The third-order valence-electron chi connectivity index (χ3n) is 2.85. The molecule has 1 heterocycles. The molecule has 2 rings (SSSR count). The Balaban J connectivity index is 2.00. The van der Waals surface area contributed by atoms with E-state index in [1.54, 1.807) is 11.7 Å². The van der Waals surface area contributed by atoms with E-state index in [4.69, 9.17) is 0 Å². The van der Waals surface area contributed by atoms with Gasteiger partial charge in [-0.25, -0.2) is 0 Å². The van der Waals surface area contributed by atoms with Crippen LogP contribution in [0.5, 0.6) is 0 Å². The number of nitrogens with zero attached hydrogens (tertiary/aromatic N) is 2. The van der Waals surface area contributed by atoms with E-state index in [9.17, 15) is 18.0 Å². The number of Topliss-reactive ketones (excluding diaryl/α,β-unsaturated/α-hetero) is 1. The highest BCUT2D eigenvalue weighted by molar-refractivity contribution is 5.89. The number of alkyl halides is 3. The Morgan fingerprint density at radius 1 is 1.35 bits per heavy atom. The molecule has 0 aliphatic rings. The van der Waals surface area contributed by atoms with Gasteiger partial charge >= 0.3 is 6.18 Å². The highest BCUT2D eigenvalue weighted by atomic mass is 19.4. The van der Waals surface area contributed by atoms with Gasteiger partial charge in [0.15, 0.2) is 5.78 Å². The molecule has 0 bridgehead atoms. The summed E-state index contributed by atoms with van der Waals surface area (Å²) in [4.78, 5) is 11.7. The molecule has 0 saturated carbocycles. The summed E-state index contributed by atoms with van der Waals surface area (Å²) in [5.41, 5.74) is 1.47. The second-order valence-electron chi connectivity index (χ2n) is 4.52. The maximum Gasteiger partial charge on any atom is 0.401 e. The topological polar surface area (TPSA) is 46.9 Å². The van der Waals surface area contributed by atoms with Gasteiger partial charge in [-0.3, -0.25) is 9.48 Å². The van der Waals surface area contributed by atoms with Crippen molar-refractivity contribution in [1.29, 1.82) is 0 Å². The molecule has 0 radical (unpaired) electrons. The number of halogens is 3. The summed E-state index contributed by atoms with van der Waals surface area (Å²) in [6, 6.07) is 7.41. The van der Waals surface area contributed by atoms with E-state index in [2.05, 4.69) is 10.4 Å². The van der Waals surface area contributed by atoms with E-state index in [0.29, 0.717) is 5.69 Å². The van der Waals surface area contributed by atoms with Gasteiger partial charge in [0.2, 0.25) is 0 Å². The van der Waals surface area contributed by atoms with Gasteiger partial charge in [0.25, 0.3) is 0 Å². The first-order chi connectivity index (χ1) is 9.37. The number of ketones is 1. The van der Waals surface area contributed by atoms with Crippen molar-refractivity contribution in [2.75, 3.05) is 13.1 Å². The van der Waals surface area contributed by atoms with Gasteiger partial charge in [-0.05, 0) is 6.07 Å². The van der Waals surface area contributed by atoms with Crippen molar-refractivity contribution in [1.82, 2.24) is 15.1 Å². The van der Waals surface area contributed by atoms with Crippen molar-refractivity contribution in [3.63, 3.8) is 0 Å². The lowest BCUT2D eigenvalue weighted by Gasteiger charge is -2.06. The standard InChI is InChI=1S/C13H14F3N3O/c1-19-12-5-3-2-4-10(12)11(18-19)6-9(20)7-17-8-13(14,15)16/h2-5,17H,6-8H2,1H3. The van der Waals surface area contributed by atoms with Crippen LogP contribution in [0.4, 0.5) is 13.2 Å². The highest BCUT2D eigenvalue weighted by Crippen LogP contribution is 2.18. The number of hydrogen-bond donors (Lipinski definition) is 1. The molecule has 0 atom stereocenters. The minimum Gasteiger partial charge on any atom is -0.302 e. The summed E-state index contributed by atoms with van der Waals surface area (Å²) >= 11 is 0. The Bertz CT molecular complexity index is 619. The molecule has 2 aromatic rings. The SMILES string of the molecule is Cn1nc(CC(=O)CNCC(F)(F)F)c2ccccc21. The molecular formula is C13H14F3N3O. The number of aromatic nitrogens is 2. The number of benzene rings is 1. The van der Waals surface area contributed by atoms with Crippen molar-refractivity contribution in [3.05, 3.63) is 30.0 Å². The molecule has 1 aromatic carbocycles. The molecule has 4 nitrogen and oxygen atoms in total. The monoisotopic (exact) mass is 285 g/mol. The second-order valence-corrected chi connectivity index (χ2v) is 4.52. The first-order valence-electron chi connectivity index (χ1n) is 6.06. The molecule has 0 spiro atoms. The second kappa shape index (κ2) is 5.62. The summed E-state index contributed by atoms with van der Waals surface area (Å²) in [6.45, 7) is -1.48. The zero-order valence-electron chi connectivity index (χ0n) is 10.9. The van der Waals surface area contributed by atoms with Crippen LogP contribution in [-0.2, 0) is 18.3 Å². The normalized spacial score (nSPS) is 12.0. The Morgan fingerprint density at radius 2 is 2.05 bits per heavy atom. The molecule has 0 unspecified atom stereocenters. The fourth-order valence-corrected chi connectivity index (χ4v) is 2.01. The summed E-state index contributed by atoms with van der Waals surface area (Å²) < 4.78 is 37.5. The zero-order valence-corrected chi connectivity index (χ0v) is 10.9. The number of aryl methyl sites for hydroxylation is 1. The van der Waals surface area contributed by atoms with E-state index in [0.717, 1.165) is 10.9 Å². The minimum atomic E-state index is -4.31. The molecule has 0 saturated heterocycles. The van der Waals surface area contributed by atoms with Crippen molar-refractivity contribution >= 4 is 16.7 Å². The number of carbonyl (C=O) groups excluding carboxylic acids is 1. The Morgan fingerprint density at radius 3 is 2.75 bits per heavy atom. The van der Waals surface area contributed by atoms with Crippen LogP contribution in [-0.4, -0.2) is 34.8 Å². The Kier molecular flexibility index (Phi) is 4.08. The van der Waals surface area contributed by atoms with Crippen LogP contribution in [0.3, 0.4) is 0 Å². The summed E-state index contributed by atoms with van der Waals surface area (Å²) in [5.74, 6) is -0.321. The van der Waals surface area contributed by atoms with Crippen LogP contribution in [0.25, 0.3) is 10.9 Å². The van der Waals surface area contributed by atoms with Gasteiger partial charge in [-0.2, -0.15) is 18.3 Å². The van der Waals surface area contributed by atoms with E-state index in [-0.39, 0.29) is 18.7 Å². The zero-order chi connectivity index (χ0) is 14.8. The van der Waals surface area contributed by atoms with Gasteiger partial charge in [0.1, 0.15) is 0 Å². The van der Waals surface area contributed by atoms with E-state index in [1.165, 1.54) is 0 Å². The number of fused-ring (bicyclic) bond motifs is 1. The molecule has 1 N–H and O–H groups in total. The third kappa shape index (κ3) is 3.57. The lowest BCUT2D eigenvalue weighted by molar-refractivity contribution is -0.127. The smallest absolute Gasteiger partial charge is 0.302 e. The fourth-order valence-electron chi connectivity index (χ4n) is 2.01. The maximum atomic E-state index is 12.0. The van der Waals surface area contributed by atoms with E-state index in [1.807, 2.05) is 24.3 Å². The van der Waals surface area contributed by atoms with Crippen LogP contribution < -0.4 is 5.32 Å². The summed E-state index contributed by atoms with van der Waals surface area (Å²) in [7, 11) is 1.76. The van der Waals surface area contributed by atoms with Crippen LogP contribution in [0, 0.1) is 0 Å². The van der Waals surface area contributed by atoms with Gasteiger partial charge in [-0.1, -0.05) is 18.2 Å². The van der Waals surface area contributed by atoms with E-state index < -0.39 is 12.7 Å². The predicted molar refractivity (Wildman–Crippen MR) is 68.3 cm³/mol. The van der Waals surface area contributed by atoms with Crippen molar-refractivity contribution in [2.24, 2.45) is 7.05 Å². The Hall–Kier alpha value is -1.89. The van der Waals surface area contributed by atoms with Crippen molar-refractivity contribution in [3.8, 4) is 0 Å². The number of rotatable bonds is 5. The third-order valence-corrected chi connectivity index (χ3v) is 2.85. The minimum absolute atomic E-state index is 0.0201. The molecule has 0 aliphatic heterocycles. The largest absolute Gasteiger partial charge is 0.401 e. The molecule has 108 valence electrons. The molecule has 0 amide bonds. The lowest BCUT2D eigenvalue weighted by Crippen LogP contribution is -2.33. The lowest BCUT2D eigenvalue weighted by atomic mass is 10.1. The molecule has 0 aliphatic carbocycles. The fraction of sp³-hybridized carbons (Fsp3) is 0.385. The van der Waals surface area contributed by atoms with Crippen molar-refractivity contribution in [2.45, 2.75) is 12.6 Å². The van der Waals surface area contributed by atoms with Gasteiger partial charge in [-0.15, -0.1) is 0 Å². The quantitative estimate of drug-likeness (QED) is 0.912. The summed E-state index contributed by atoms with van der Waals surface area (Å²) in [6.07, 6.45) is -4.29. The highest BCUT2D eigenvalue weighted by Gasteiger charge is 2.26. The summed E-state index contributed by atoms with van der Waals surface area (Å²) in [5, 5.41) is 7.17. The average Bonchev–Trinajstić information content (AvgIpc) is 2.65. The predicted octanol–water partition coefficient (Wildman–Crippen LogP) is 1.84. The average molecular weight is 285 g/mol. The van der Waals surface area contributed by atoms with Gasteiger partial charge in [0, 0.05) is 12.4 Å². The van der Waals surface area contributed by atoms with Gasteiger partial charge in [0.05, 0.1) is 30.7 Å². The van der Waals surface area contributed by atoms with Crippen LogP contribution in [0.15, 0.2) is 24.3 Å². The molecule has 1 aromatic heterocycles. The van der Waals surface area contributed by atoms with Crippen LogP contribution >= 0.6 is 0 Å². The number of carbonyl (C=O) groups is 1. The van der Waals surface area contributed by atoms with Crippen LogP contribution in [0.1, 0.15) is 5.69 Å². The first kappa shape index (κ1) is 14.5. The van der Waals surface area contributed by atoms with Crippen molar-refractivity contribution < 1.29 is 18.0 Å². The molecule has 7 heteroatoms. The molecular weight excluding hydrogens is 271 g/mol. The molecule has 0 fully saturated rings. The number of nitrogens with one attached hydrogen (secondary N) is 1.